The van der Waals surface area contributed by atoms with Crippen molar-refractivity contribution in [2.75, 3.05) is 27.9 Å². The second-order valence-electron chi connectivity index (χ2n) is 3.87. The number of carbonyl (C=O) groups excluding carboxylic acids is 3. The van der Waals surface area contributed by atoms with Gasteiger partial charge in [-0.15, -0.1) is 0 Å². The maximum Gasteiger partial charge on any atom is 0.412 e. The van der Waals surface area contributed by atoms with Crippen LogP contribution in [0.15, 0.2) is 0 Å². The largest absolute Gasteiger partial charge is 0.453 e. The van der Waals surface area contributed by atoms with Crippen molar-refractivity contribution in [3.05, 3.63) is 0 Å². The molecule has 7 nitrogen and oxygen atoms in total. The summed E-state index contributed by atoms with van der Waals surface area (Å²) < 4.78 is 9.28. The Balaban J connectivity index is 2.57. The van der Waals surface area contributed by atoms with Crippen LogP contribution in [0.25, 0.3) is 0 Å². The molecule has 1 fully saturated rings. The van der Waals surface area contributed by atoms with Crippen LogP contribution >= 0.6 is 0 Å². The van der Waals surface area contributed by atoms with Crippen LogP contribution < -0.4 is 0 Å². The molecule has 0 unspecified atom stereocenters. The minimum Gasteiger partial charge on any atom is -0.453 e. The highest BCUT2D eigenvalue weighted by atomic mass is 16.6. The predicted octanol–water partition coefficient (Wildman–Crippen LogP) is -0.194. The van der Waals surface area contributed by atoms with Crippen molar-refractivity contribution in [3.8, 4) is 0 Å². The number of amides is 2. The van der Waals surface area contributed by atoms with Crippen LogP contribution in [0, 0.1) is 0 Å². The third-order valence-corrected chi connectivity index (χ3v) is 2.53. The number of carbonyl (C=O) groups is 3. The number of nitrogens with zero attached hydrogens (tertiary/aromatic N) is 2. The maximum atomic E-state index is 11.4. The monoisotopic (exact) mass is 244 g/mol. The van der Waals surface area contributed by atoms with E-state index in [0.717, 1.165) is 0 Å². The Bertz CT molecular complexity index is 329. The molecule has 0 N–H and O–H groups in total. The van der Waals surface area contributed by atoms with Gasteiger partial charge in [0, 0.05) is 20.5 Å². The van der Waals surface area contributed by atoms with Crippen LogP contribution in [-0.2, 0) is 19.1 Å². The first-order valence-electron chi connectivity index (χ1n) is 5.18. The summed E-state index contributed by atoms with van der Waals surface area (Å²) in [5, 5.41) is 0. The molecule has 0 aromatic heterocycles. The second-order valence-corrected chi connectivity index (χ2v) is 3.87. The van der Waals surface area contributed by atoms with Gasteiger partial charge in [0.25, 0.3) is 0 Å². The van der Waals surface area contributed by atoms with Crippen molar-refractivity contribution in [2.24, 2.45) is 0 Å². The Morgan fingerprint density at radius 2 is 2.18 bits per heavy atom. The van der Waals surface area contributed by atoms with Gasteiger partial charge < -0.3 is 14.4 Å². The highest BCUT2D eigenvalue weighted by Gasteiger charge is 2.38. The molecule has 1 atom stereocenters. The molecule has 0 aliphatic carbocycles. The first-order valence-corrected chi connectivity index (χ1v) is 5.18. The molecule has 7 heteroatoms. The van der Waals surface area contributed by atoms with Gasteiger partial charge in [-0.3, -0.25) is 9.69 Å². The average molecular weight is 244 g/mol. The van der Waals surface area contributed by atoms with E-state index in [0.29, 0.717) is 0 Å². The molecule has 0 aromatic carbocycles. The molecule has 1 rings (SSSR count). The molecule has 1 saturated heterocycles. The lowest BCUT2D eigenvalue weighted by Gasteiger charge is -2.18. The van der Waals surface area contributed by atoms with E-state index in [1.54, 1.807) is 14.1 Å². The quantitative estimate of drug-likeness (QED) is 0.643. The van der Waals surface area contributed by atoms with Gasteiger partial charge in [0.2, 0.25) is 5.91 Å². The lowest BCUT2D eigenvalue weighted by atomic mass is 10.1. The van der Waals surface area contributed by atoms with Crippen LogP contribution in [0.2, 0.25) is 0 Å². The summed E-state index contributed by atoms with van der Waals surface area (Å²) in [6, 6.07) is -0.730. The Morgan fingerprint density at radius 3 is 2.71 bits per heavy atom. The molecule has 1 heterocycles. The fourth-order valence-corrected chi connectivity index (χ4v) is 1.50. The Morgan fingerprint density at radius 1 is 1.53 bits per heavy atom. The Hall–Kier alpha value is -1.79. The summed E-state index contributed by atoms with van der Waals surface area (Å²) in [4.78, 5) is 36.7. The van der Waals surface area contributed by atoms with Crippen molar-refractivity contribution < 1.29 is 23.9 Å². The molecule has 0 spiro atoms. The molecule has 1 aliphatic rings. The Labute approximate surface area is 99.2 Å². The number of methoxy groups -OCH3 is 1. The number of ether oxygens (including phenoxy) is 2. The summed E-state index contributed by atoms with van der Waals surface area (Å²) in [5.74, 6) is -0.600. The van der Waals surface area contributed by atoms with Crippen LogP contribution in [0.3, 0.4) is 0 Å². The number of hydrogen-bond donors (Lipinski definition) is 0. The number of cyclic esters (lactones) is 1. The van der Waals surface area contributed by atoms with Gasteiger partial charge in [-0.05, 0) is 6.42 Å². The van der Waals surface area contributed by atoms with Crippen molar-refractivity contribution in [3.63, 3.8) is 0 Å². The summed E-state index contributed by atoms with van der Waals surface area (Å²) in [6.45, 7) is -0.119. The molecule has 2 amide bonds. The Kier molecular flexibility index (Phi) is 4.30. The van der Waals surface area contributed by atoms with E-state index in [4.69, 9.17) is 4.74 Å². The minimum atomic E-state index is -0.730. The van der Waals surface area contributed by atoms with Gasteiger partial charge in [-0.2, -0.15) is 0 Å². The summed E-state index contributed by atoms with van der Waals surface area (Å²) in [5.41, 5.74) is 0. The number of rotatable bonds is 3. The highest BCUT2D eigenvalue weighted by Crippen LogP contribution is 2.17. The number of esters is 1. The van der Waals surface area contributed by atoms with E-state index in [1.807, 2.05) is 0 Å². The summed E-state index contributed by atoms with van der Waals surface area (Å²) in [6.07, 6.45) is -0.205. The number of hydrogen-bond acceptors (Lipinski definition) is 5. The zero-order valence-electron chi connectivity index (χ0n) is 10.1. The predicted molar refractivity (Wildman–Crippen MR) is 56.9 cm³/mol. The first-order chi connectivity index (χ1) is 7.97. The third kappa shape index (κ3) is 3.08. The zero-order valence-corrected chi connectivity index (χ0v) is 10.1. The lowest BCUT2D eigenvalue weighted by Crippen LogP contribution is -2.39. The molecule has 0 saturated carbocycles. The molecule has 0 bridgehead atoms. The van der Waals surface area contributed by atoms with Gasteiger partial charge in [0.05, 0.1) is 7.11 Å². The van der Waals surface area contributed by atoms with E-state index in [1.165, 1.54) is 16.9 Å². The van der Waals surface area contributed by atoms with Gasteiger partial charge in [-0.25, -0.2) is 9.59 Å². The van der Waals surface area contributed by atoms with E-state index in [9.17, 15) is 14.4 Å². The molecule has 96 valence electrons. The normalized spacial score (nSPS) is 18.9. The van der Waals surface area contributed by atoms with Crippen molar-refractivity contribution in [1.82, 2.24) is 9.80 Å². The van der Waals surface area contributed by atoms with E-state index >= 15 is 0 Å². The lowest BCUT2D eigenvalue weighted by molar-refractivity contribution is -0.139. The van der Waals surface area contributed by atoms with Crippen LogP contribution in [0.1, 0.15) is 12.8 Å². The molecule has 17 heavy (non-hydrogen) atoms. The van der Waals surface area contributed by atoms with Gasteiger partial charge in [-0.1, -0.05) is 0 Å². The molecular formula is C10H16N2O5. The highest BCUT2D eigenvalue weighted by molar-refractivity contribution is 5.84. The second kappa shape index (κ2) is 5.51. The molecule has 0 aromatic rings. The van der Waals surface area contributed by atoms with E-state index in [2.05, 4.69) is 4.74 Å². The van der Waals surface area contributed by atoms with Crippen molar-refractivity contribution >= 4 is 18.0 Å². The van der Waals surface area contributed by atoms with Gasteiger partial charge >= 0.3 is 12.1 Å². The molecule has 1 aliphatic heterocycles. The van der Waals surface area contributed by atoms with E-state index < -0.39 is 18.1 Å². The fourth-order valence-electron chi connectivity index (χ4n) is 1.50. The maximum absolute atomic E-state index is 11.4. The standard InChI is InChI=1S/C10H16N2O5/c1-11(2)8(13)5-4-7-9(14)17-6-12(7)10(15)16-3/h7H,4-6H2,1-3H3/t7-/m0/s1. The average Bonchev–Trinajstić information content (AvgIpc) is 2.66. The summed E-state index contributed by atoms with van der Waals surface area (Å²) >= 11 is 0. The van der Waals surface area contributed by atoms with E-state index in [-0.39, 0.29) is 25.5 Å². The van der Waals surface area contributed by atoms with Gasteiger partial charge in [0.15, 0.2) is 6.73 Å². The van der Waals surface area contributed by atoms with Crippen LogP contribution in [0.4, 0.5) is 4.79 Å². The fraction of sp³-hybridized carbons (Fsp3) is 0.700. The van der Waals surface area contributed by atoms with Crippen LogP contribution in [-0.4, -0.2) is 61.7 Å². The third-order valence-electron chi connectivity index (χ3n) is 2.53. The molecular weight excluding hydrogens is 228 g/mol. The smallest absolute Gasteiger partial charge is 0.412 e. The van der Waals surface area contributed by atoms with Crippen molar-refractivity contribution in [1.29, 1.82) is 0 Å². The minimum absolute atomic E-state index is 0.102. The topological polar surface area (TPSA) is 76.1 Å². The summed E-state index contributed by atoms with van der Waals surface area (Å²) in [7, 11) is 4.49. The first kappa shape index (κ1) is 13.3. The molecule has 0 radical (unpaired) electrons. The van der Waals surface area contributed by atoms with Gasteiger partial charge in [0.1, 0.15) is 6.04 Å². The van der Waals surface area contributed by atoms with Crippen LogP contribution in [0.5, 0.6) is 0 Å². The SMILES string of the molecule is COC(=O)N1COC(=O)[C@@H]1CCC(=O)N(C)C. The zero-order chi connectivity index (χ0) is 13.0. The van der Waals surface area contributed by atoms with Crippen molar-refractivity contribution in [2.45, 2.75) is 18.9 Å².